The summed E-state index contributed by atoms with van der Waals surface area (Å²) in [7, 11) is 0. The molecule has 1 aromatic heterocycles. The summed E-state index contributed by atoms with van der Waals surface area (Å²) in [5.74, 6) is 0.248. The molecule has 1 heterocycles. The zero-order valence-electron chi connectivity index (χ0n) is 38.7. The van der Waals surface area contributed by atoms with Crippen LogP contribution in [0.25, 0.3) is 98.8 Å². The first-order chi connectivity index (χ1) is 29.7. The Kier molecular flexibility index (Phi) is 3.99. The van der Waals surface area contributed by atoms with Crippen LogP contribution in [0.3, 0.4) is 0 Å². The van der Waals surface area contributed by atoms with E-state index in [0.717, 1.165) is 32.7 Å². The molecular weight excluding hydrogens is 593 g/mol. The van der Waals surface area contributed by atoms with Crippen LogP contribution in [-0.4, -0.2) is 0 Å². The summed E-state index contributed by atoms with van der Waals surface area (Å²) in [4.78, 5) is 0. The van der Waals surface area contributed by atoms with Gasteiger partial charge in [-0.2, -0.15) is 0 Å². The topological polar surface area (TPSA) is 13.1 Å². The highest BCUT2D eigenvalue weighted by Gasteiger charge is 2.24. The second kappa shape index (κ2) is 11.1. The Labute approximate surface area is 302 Å². The van der Waals surface area contributed by atoms with Crippen LogP contribution in [0, 0.1) is 0 Å². The van der Waals surface area contributed by atoms with Gasteiger partial charge in [-0.3, -0.25) is 0 Å². The summed E-state index contributed by atoms with van der Waals surface area (Å²) in [6.07, 6.45) is 0. The maximum absolute atomic E-state index is 9.60. The second-order valence-corrected chi connectivity index (χ2v) is 11.9. The van der Waals surface area contributed by atoms with Crippen LogP contribution < -0.4 is 0 Å². The van der Waals surface area contributed by atoms with Crippen LogP contribution in [0.15, 0.2) is 186 Å². The molecule has 0 radical (unpaired) electrons. The first-order valence-corrected chi connectivity index (χ1v) is 15.8. The van der Waals surface area contributed by atoms with Crippen molar-refractivity contribution >= 4 is 54.1 Å². The van der Waals surface area contributed by atoms with Crippen molar-refractivity contribution in [2.45, 2.75) is 0 Å². The van der Waals surface area contributed by atoms with Gasteiger partial charge < -0.3 is 4.42 Å². The van der Waals surface area contributed by atoms with Gasteiger partial charge in [0, 0.05) is 22.1 Å². The molecule has 0 saturated heterocycles. The molecule has 1 heteroatoms. The van der Waals surface area contributed by atoms with Crippen LogP contribution in [0.5, 0.6) is 0 Å². The van der Waals surface area contributed by atoms with Crippen LogP contribution in [-0.2, 0) is 0 Å². The van der Waals surface area contributed by atoms with Gasteiger partial charge in [-0.15, -0.1) is 0 Å². The molecule has 0 bridgehead atoms. The SMILES string of the molecule is [2H]c1c([2H])c([2H])c(-c2c3c([2H])c([2H])c([2H])c([2H])c3c(-c3c(-c4ccc5ccc6ccccc6c5c4)oc4ccc(-c5ccccc5)cc34)c3c([2H])c([2H])c([2H])c([2H])c23)c([2H])c1[2H]. The first-order valence-electron chi connectivity index (χ1n) is 22.3. The quantitative estimate of drug-likeness (QED) is 0.139. The van der Waals surface area contributed by atoms with Gasteiger partial charge in [0.05, 0.1) is 17.8 Å². The van der Waals surface area contributed by atoms with Crippen molar-refractivity contribution in [3.8, 4) is 44.7 Å². The monoisotopic (exact) mass is 635 g/mol. The van der Waals surface area contributed by atoms with Crippen molar-refractivity contribution in [2.24, 2.45) is 0 Å². The Balaban J connectivity index is 1.50. The maximum Gasteiger partial charge on any atom is 0.143 e. The Hall–Kier alpha value is -6.44. The molecule has 10 aromatic rings. The standard InChI is InChI=1S/C48H30O/c1-3-13-31(14-4-1)35-27-28-44-43(29-35)47(48(49-44)36-26-25-33-24-23-32-15-7-8-18-37(32)42(33)30-36)46-40-21-11-9-19-38(40)45(34-16-5-2-6-17-34)39-20-10-12-22-41(39)46/h1-30H/i2D,5D,6D,9D,10D,11D,12D,16D,17D,19D,20D,21D,22D. The lowest BCUT2D eigenvalue weighted by Crippen LogP contribution is -1.91. The van der Waals surface area contributed by atoms with Crippen LogP contribution in [0.1, 0.15) is 17.8 Å². The van der Waals surface area contributed by atoms with E-state index in [4.69, 9.17) is 16.8 Å². The molecule has 0 atom stereocenters. The van der Waals surface area contributed by atoms with E-state index in [1.165, 1.54) is 0 Å². The zero-order valence-corrected chi connectivity index (χ0v) is 25.7. The number of furan rings is 1. The molecule has 228 valence electrons. The van der Waals surface area contributed by atoms with Crippen molar-refractivity contribution in [1.82, 2.24) is 0 Å². The summed E-state index contributed by atoms with van der Waals surface area (Å²) in [6.45, 7) is 0. The van der Waals surface area contributed by atoms with Gasteiger partial charge in [0.15, 0.2) is 0 Å². The smallest absolute Gasteiger partial charge is 0.143 e. The Morgan fingerprint density at radius 3 is 1.65 bits per heavy atom. The van der Waals surface area contributed by atoms with Gasteiger partial charge >= 0.3 is 0 Å². The van der Waals surface area contributed by atoms with E-state index in [0.29, 0.717) is 16.5 Å². The predicted molar refractivity (Wildman–Crippen MR) is 208 cm³/mol. The zero-order chi connectivity index (χ0) is 43.6. The molecule has 0 spiro atoms. The molecule has 0 fully saturated rings. The lowest BCUT2D eigenvalue weighted by Gasteiger charge is -2.18. The van der Waals surface area contributed by atoms with Crippen molar-refractivity contribution in [2.75, 3.05) is 0 Å². The number of hydrogen-bond acceptors (Lipinski definition) is 1. The molecule has 9 aromatic carbocycles. The molecule has 0 N–H and O–H groups in total. The molecule has 0 aliphatic heterocycles. The van der Waals surface area contributed by atoms with Crippen molar-refractivity contribution in [3.05, 3.63) is 182 Å². The van der Waals surface area contributed by atoms with Crippen molar-refractivity contribution in [3.63, 3.8) is 0 Å². The third-order valence-corrected chi connectivity index (χ3v) is 9.18. The minimum atomic E-state index is -0.728. The molecule has 0 unspecified atom stereocenters. The highest BCUT2D eigenvalue weighted by Crippen LogP contribution is 2.50. The fourth-order valence-electron chi connectivity index (χ4n) is 7.00. The highest BCUT2D eigenvalue weighted by molar-refractivity contribution is 6.25. The molecule has 0 aliphatic rings. The third kappa shape index (κ3) is 4.40. The van der Waals surface area contributed by atoms with Gasteiger partial charge in [-0.25, -0.2) is 0 Å². The lowest BCUT2D eigenvalue weighted by atomic mass is 9.84. The van der Waals surface area contributed by atoms with E-state index >= 15 is 0 Å². The Morgan fingerprint density at radius 2 is 0.918 bits per heavy atom. The first kappa shape index (κ1) is 17.6. The average molecular weight is 636 g/mol. The van der Waals surface area contributed by atoms with E-state index < -0.39 is 84.1 Å². The molecule has 10 rings (SSSR count). The van der Waals surface area contributed by atoms with E-state index in [9.17, 15) is 5.48 Å². The fourth-order valence-corrected chi connectivity index (χ4v) is 7.00. The number of benzene rings is 9. The lowest BCUT2D eigenvalue weighted by molar-refractivity contribution is 0.632. The second-order valence-electron chi connectivity index (χ2n) is 11.9. The minimum absolute atomic E-state index is 0.00194. The summed E-state index contributed by atoms with van der Waals surface area (Å²) in [6, 6.07) is 24.2. The summed E-state index contributed by atoms with van der Waals surface area (Å²) in [5.41, 5.74) is 2.03. The van der Waals surface area contributed by atoms with Crippen LogP contribution in [0.4, 0.5) is 0 Å². The van der Waals surface area contributed by atoms with Gasteiger partial charge in [-0.05, 0) is 83.5 Å². The van der Waals surface area contributed by atoms with Gasteiger partial charge in [-0.1, -0.05) is 163 Å². The average Bonchev–Trinajstić information content (AvgIpc) is 3.68. The van der Waals surface area contributed by atoms with Gasteiger partial charge in [0.25, 0.3) is 0 Å². The predicted octanol–water partition coefficient (Wildman–Crippen LogP) is 13.7. The maximum atomic E-state index is 9.60. The molecule has 0 aliphatic carbocycles. The van der Waals surface area contributed by atoms with E-state index in [-0.39, 0.29) is 44.0 Å². The fraction of sp³-hybridized carbons (Fsp3) is 0. The van der Waals surface area contributed by atoms with Crippen molar-refractivity contribution in [1.29, 1.82) is 0 Å². The molecule has 49 heavy (non-hydrogen) atoms. The van der Waals surface area contributed by atoms with E-state index in [1.54, 1.807) is 6.07 Å². The minimum Gasteiger partial charge on any atom is -0.455 e. The summed E-state index contributed by atoms with van der Waals surface area (Å²) >= 11 is 0. The number of rotatable bonds is 4. The normalized spacial score (nSPS) is 15.4. The van der Waals surface area contributed by atoms with Crippen LogP contribution >= 0.6 is 0 Å². The molecule has 0 amide bonds. The number of hydrogen-bond donors (Lipinski definition) is 0. The molecule has 0 saturated carbocycles. The van der Waals surface area contributed by atoms with Crippen molar-refractivity contribution < 1.29 is 22.2 Å². The van der Waals surface area contributed by atoms with E-state index in [1.807, 2.05) is 97.1 Å². The summed E-state index contributed by atoms with van der Waals surface area (Å²) in [5, 5.41) is 3.34. The molecular formula is C48H30O. The van der Waals surface area contributed by atoms with E-state index in [2.05, 4.69) is 0 Å². The largest absolute Gasteiger partial charge is 0.455 e. The van der Waals surface area contributed by atoms with Gasteiger partial charge in [0.1, 0.15) is 11.3 Å². The Bertz CT molecular complexity index is 3510. The number of fused-ring (bicyclic) bond motifs is 6. The van der Waals surface area contributed by atoms with Gasteiger partial charge in [0.2, 0.25) is 0 Å². The molecule has 1 nitrogen and oxygen atoms in total. The van der Waals surface area contributed by atoms with Crippen LogP contribution in [0.2, 0.25) is 0 Å². The highest BCUT2D eigenvalue weighted by atomic mass is 16.3. The Morgan fingerprint density at radius 1 is 0.347 bits per heavy atom. The third-order valence-electron chi connectivity index (χ3n) is 9.18. The summed E-state index contributed by atoms with van der Waals surface area (Å²) < 4.78 is 124.